The van der Waals surface area contributed by atoms with Crippen LogP contribution in [0.5, 0.6) is 0 Å². The molecule has 0 unspecified atom stereocenters. The molecule has 0 aromatic rings. The Labute approximate surface area is 96.3 Å². The zero-order valence-electron chi connectivity index (χ0n) is 9.41. The second-order valence-electron chi connectivity index (χ2n) is 3.09. The summed E-state index contributed by atoms with van der Waals surface area (Å²) in [5.41, 5.74) is 0. The highest BCUT2D eigenvalue weighted by Crippen LogP contribution is 1.93. The average molecular weight is 259 g/mol. The summed E-state index contributed by atoms with van der Waals surface area (Å²) in [6, 6.07) is 0. The molecule has 0 rings (SSSR count). The van der Waals surface area contributed by atoms with Crippen molar-refractivity contribution in [3.63, 3.8) is 0 Å². The van der Waals surface area contributed by atoms with Gasteiger partial charge in [-0.2, -0.15) is 8.42 Å². The predicted molar refractivity (Wildman–Crippen MR) is 59.7 cm³/mol. The van der Waals surface area contributed by atoms with E-state index in [1.54, 1.807) is 0 Å². The molecule has 0 fully saturated rings. The van der Waals surface area contributed by atoms with Gasteiger partial charge in [-0.25, -0.2) is 0 Å². The maximum atomic E-state index is 8.74. The number of aliphatic hydroxyl groups excluding tert-OH is 2. The first kappa shape index (κ1) is 18.1. The molecule has 0 amide bonds. The van der Waals surface area contributed by atoms with Crippen molar-refractivity contribution < 1.29 is 27.7 Å². The summed E-state index contributed by atoms with van der Waals surface area (Å²) in [7, 11) is -4.67. The fourth-order valence-electron chi connectivity index (χ4n) is 1.000. The van der Waals surface area contributed by atoms with Crippen LogP contribution in [0.15, 0.2) is 0 Å². The van der Waals surface area contributed by atoms with Gasteiger partial charge in [-0.3, -0.25) is 14.0 Å². The van der Waals surface area contributed by atoms with Crippen LogP contribution in [0.4, 0.5) is 0 Å². The number of hydrogen-bond donors (Lipinski definition) is 4. The lowest BCUT2D eigenvalue weighted by molar-refractivity contribution is 0.159. The highest BCUT2D eigenvalue weighted by molar-refractivity contribution is 7.79. The fourth-order valence-corrected chi connectivity index (χ4v) is 1.000. The van der Waals surface area contributed by atoms with Crippen LogP contribution in [0.25, 0.3) is 0 Å². The molecule has 0 aromatic carbocycles. The van der Waals surface area contributed by atoms with E-state index in [1.165, 1.54) is 0 Å². The van der Waals surface area contributed by atoms with E-state index in [1.807, 2.05) is 0 Å². The zero-order valence-corrected chi connectivity index (χ0v) is 10.2. The summed E-state index contributed by atoms with van der Waals surface area (Å²) < 4.78 is 31.6. The van der Waals surface area contributed by atoms with Gasteiger partial charge in [0.1, 0.15) is 0 Å². The van der Waals surface area contributed by atoms with Gasteiger partial charge in [0.2, 0.25) is 0 Å². The quantitative estimate of drug-likeness (QED) is 0.452. The number of aliphatic hydroxyl groups is 2. The molecule has 4 N–H and O–H groups in total. The minimum Gasteiger partial charge on any atom is -0.395 e. The molecule has 0 saturated carbocycles. The Bertz CT molecular complexity index is 217. The third-order valence-corrected chi connectivity index (χ3v) is 1.66. The Balaban J connectivity index is 0. The van der Waals surface area contributed by atoms with Crippen LogP contribution in [0.2, 0.25) is 0 Å². The lowest BCUT2D eigenvalue weighted by atomic mass is 10.3. The Kier molecular flexibility index (Phi) is 12.7. The number of nitrogens with zero attached hydrogens (tertiary/aromatic N) is 1. The molecular formula is C8H21NO6S. The standard InChI is InChI=1S/C8H19NO2.H2O4S/c1-2-3-4-9(5-7-10)6-8-11;1-5(2,3)4/h10-11H,2-8H2,1H3;(H2,1,2,3,4). The second kappa shape index (κ2) is 11.2. The highest BCUT2D eigenvalue weighted by Gasteiger charge is 2.00. The van der Waals surface area contributed by atoms with Crippen molar-refractivity contribution in [1.29, 1.82) is 0 Å². The summed E-state index contributed by atoms with van der Waals surface area (Å²) in [4.78, 5) is 2.07. The molecule has 0 bridgehead atoms. The average Bonchev–Trinajstić information content (AvgIpc) is 2.12. The van der Waals surface area contributed by atoms with Gasteiger partial charge in [-0.15, -0.1) is 0 Å². The van der Waals surface area contributed by atoms with E-state index in [2.05, 4.69) is 11.8 Å². The Morgan fingerprint density at radius 1 is 1.00 bits per heavy atom. The molecule has 0 spiro atoms. The van der Waals surface area contributed by atoms with Crippen LogP contribution in [0, 0.1) is 0 Å². The maximum Gasteiger partial charge on any atom is 0.394 e. The fraction of sp³-hybridized carbons (Fsp3) is 1.00. The summed E-state index contributed by atoms with van der Waals surface area (Å²) in [6.45, 7) is 4.85. The van der Waals surface area contributed by atoms with E-state index in [-0.39, 0.29) is 13.2 Å². The lowest BCUT2D eigenvalue weighted by Crippen LogP contribution is -2.30. The predicted octanol–water partition coefficient (Wildman–Crippen LogP) is -0.580. The van der Waals surface area contributed by atoms with Crippen LogP contribution >= 0.6 is 0 Å². The van der Waals surface area contributed by atoms with Gasteiger partial charge in [0.25, 0.3) is 0 Å². The van der Waals surface area contributed by atoms with Gasteiger partial charge in [-0.05, 0) is 13.0 Å². The van der Waals surface area contributed by atoms with Crippen molar-refractivity contribution in [3.8, 4) is 0 Å². The molecule has 0 saturated heterocycles. The van der Waals surface area contributed by atoms with Crippen molar-refractivity contribution in [2.75, 3.05) is 32.8 Å². The molecule has 0 aliphatic rings. The van der Waals surface area contributed by atoms with Crippen molar-refractivity contribution in [1.82, 2.24) is 4.90 Å². The number of rotatable bonds is 7. The SMILES string of the molecule is CCCCN(CCO)CCO.O=S(=O)(O)O. The van der Waals surface area contributed by atoms with Crippen LogP contribution in [0.1, 0.15) is 19.8 Å². The highest BCUT2D eigenvalue weighted by atomic mass is 32.3. The minimum absolute atomic E-state index is 0.184. The zero-order chi connectivity index (χ0) is 13.0. The van der Waals surface area contributed by atoms with E-state index in [4.69, 9.17) is 27.7 Å². The van der Waals surface area contributed by atoms with E-state index in [0.29, 0.717) is 13.1 Å². The second-order valence-corrected chi connectivity index (χ2v) is 3.99. The number of hydrogen-bond acceptors (Lipinski definition) is 5. The molecule has 16 heavy (non-hydrogen) atoms. The van der Waals surface area contributed by atoms with E-state index in [0.717, 1.165) is 19.4 Å². The monoisotopic (exact) mass is 259 g/mol. The van der Waals surface area contributed by atoms with Gasteiger partial charge >= 0.3 is 10.4 Å². The largest absolute Gasteiger partial charge is 0.395 e. The smallest absolute Gasteiger partial charge is 0.394 e. The summed E-state index contributed by atoms with van der Waals surface area (Å²) in [6.07, 6.45) is 2.30. The van der Waals surface area contributed by atoms with Gasteiger partial charge in [0.05, 0.1) is 13.2 Å². The van der Waals surface area contributed by atoms with Crippen LogP contribution < -0.4 is 0 Å². The van der Waals surface area contributed by atoms with Crippen molar-refractivity contribution in [2.24, 2.45) is 0 Å². The minimum atomic E-state index is -4.67. The molecule has 0 aromatic heterocycles. The Hall–Kier alpha value is -0.250. The summed E-state index contributed by atoms with van der Waals surface area (Å²) in [5, 5.41) is 17.3. The van der Waals surface area contributed by atoms with Crippen molar-refractivity contribution >= 4 is 10.4 Å². The van der Waals surface area contributed by atoms with Crippen molar-refractivity contribution in [3.05, 3.63) is 0 Å². The summed E-state index contributed by atoms with van der Waals surface area (Å²) >= 11 is 0. The third kappa shape index (κ3) is 23.5. The maximum absolute atomic E-state index is 8.74. The van der Waals surface area contributed by atoms with Gasteiger partial charge in [0.15, 0.2) is 0 Å². The topological polar surface area (TPSA) is 118 Å². The normalized spacial score (nSPS) is 11.1. The lowest BCUT2D eigenvalue weighted by Gasteiger charge is -2.19. The van der Waals surface area contributed by atoms with E-state index < -0.39 is 10.4 Å². The summed E-state index contributed by atoms with van der Waals surface area (Å²) in [5.74, 6) is 0. The first-order valence-electron chi connectivity index (χ1n) is 4.99. The molecule has 0 radical (unpaired) electrons. The van der Waals surface area contributed by atoms with E-state index >= 15 is 0 Å². The van der Waals surface area contributed by atoms with Gasteiger partial charge < -0.3 is 10.2 Å². The molecule has 100 valence electrons. The van der Waals surface area contributed by atoms with E-state index in [9.17, 15) is 0 Å². The molecular weight excluding hydrogens is 238 g/mol. The third-order valence-electron chi connectivity index (χ3n) is 1.66. The van der Waals surface area contributed by atoms with Crippen molar-refractivity contribution in [2.45, 2.75) is 19.8 Å². The Morgan fingerprint density at radius 2 is 1.38 bits per heavy atom. The molecule has 7 nitrogen and oxygen atoms in total. The first-order valence-corrected chi connectivity index (χ1v) is 6.38. The molecule has 0 heterocycles. The Morgan fingerprint density at radius 3 is 1.62 bits per heavy atom. The molecule has 0 aliphatic carbocycles. The van der Waals surface area contributed by atoms with Crippen LogP contribution in [-0.2, 0) is 10.4 Å². The van der Waals surface area contributed by atoms with Crippen LogP contribution in [-0.4, -0.2) is 65.5 Å². The van der Waals surface area contributed by atoms with Crippen LogP contribution in [0.3, 0.4) is 0 Å². The molecule has 0 atom stereocenters. The van der Waals surface area contributed by atoms with Gasteiger partial charge in [0, 0.05) is 13.1 Å². The van der Waals surface area contributed by atoms with Gasteiger partial charge in [-0.1, -0.05) is 13.3 Å². The number of unbranched alkanes of at least 4 members (excludes halogenated alkanes) is 1. The molecule has 8 heteroatoms. The first-order chi connectivity index (χ1) is 7.35. The molecule has 0 aliphatic heterocycles.